The quantitative estimate of drug-likeness (QED) is 0.647. The van der Waals surface area contributed by atoms with Crippen molar-refractivity contribution >= 4 is 6.34 Å². The first-order chi connectivity index (χ1) is 8.18. The summed E-state index contributed by atoms with van der Waals surface area (Å²) < 4.78 is 0. The van der Waals surface area contributed by atoms with Gasteiger partial charge >= 0.3 is 0 Å². The number of hydrogen-bond donors (Lipinski definition) is 0. The van der Waals surface area contributed by atoms with E-state index < -0.39 is 0 Å². The summed E-state index contributed by atoms with van der Waals surface area (Å²) in [4.78, 5) is 8.50. The topological polar surface area (TPSA) is 18.8 Å². The lowest BCUT2D eigenvalue weighted by Crippen LogP contribution is -2.24. The minimum absolute atomic E-state index is 0.995. The standard InChI is InChI=1S/C6H10N2.C6H13N.C2H6/c1-6-3-4-8(2)5-7-6;1-7-5-3-2-4-6-7;1-2/h3,5H,4H2,1-2H3;2-6H2,1H3;1-2H3. The lowest BCUT2D eigenvalue weighted by molar-refractivity contribution is 0.277. The maximum absolute atomic E-state index is 4.07. The zero-order chi connectivity index (χ0) is 13.1. The molecule has 2 aliphatic rings. The van der Waals surface area contributed by atoms with E-state index in [-0.39, 0.29) is 0 Å². The molecule has 2 heterocycles. The van der Waals surface area contributed by atoms with Gasteiger partial charge in [-0.25, -0.2) is 4.99 Å². The van der Waals surface area contributed by atoms with Crippen molar-refractivity contribution in [2.24, 2.45) is 4.99 Å². The second-order valence-electron chi connectivity index (χ2n) is 4.39. The second-order valence-corrected chi connectivity index (χ2v) is 4.39. The molecule has 1 fully saturated rings. The number of allylic oxidation sites excluding steroid dienone is 1. The number of rotatable bonds is 0. The Labute approximate surface area is 107 Å². The molecule has 0 unspecified atom stereocenters. The van der Waals surface area contributed by atoms with Crippen molar-refractivity contribution in [2.75, 3.05) is 33.7 Å². The fraction of sp³-hybridized carbons (Fsp3) is 0.786. The minimum Gasteiger partial charge on any atom is -0.362 e. The third kappa shape index (κ3) is 8.93. The van der Waals surface area contributed by atoms with E-state index in [0.29, 0.717) is 0 Å². The summed E-state index contributed by atoms with van der Waals surface area (Å²) in [7, 11) is 4.20. The molecule has 3 nitrogen and oxygen atoms in total. The molecule has 0 bridgehead atoms. The zero-order valence-electron chi connectivity index (χ0n) is 12.2. The molecule has 0 aromatic carbocycles. The summed E-state index contributed by atoms with van der Waals surface area (Å²) in [5, 5.41) is 0. The summed E-state index contributed by atoms with van der Waals surface area (Å²) in [6.07, 6.45) is 8.21. The number of hydrogen-bond acceptors (Lipinski definition) is 3. The van der Waals surface area contributed by atoms with E-state index in [9.17, 15) is 0 Å². The van der Waals surface area contributed by atoms with E-state index in [2.05, 4.69) is 23.0 Å². The molecule has 2 aliphatic heterocycles. The lowest BCUT2D eigenvalue weighted by Gasteiger charge is -2.20. The minimum atomic E-state index is 0.995. The van der Waals surface area contributed by atoms with Gasteiger partial charge in [0.25, 0.3) is 0 Å². The van der Waals surface area contributed by atoms with Crippen LogP contribution in [0.25, 0.3) is 0 Å². The first-order valence-corrected chi connectivity index (χ1v) is 6.78. The van der Waals surface area contributed by atoms with Crippen molar-refractivity contribution < 1.29 is 0 Å². The lowest BCUT2D eigenvalue weighted by atomic mass is 10.1. The van der Waals surface area contributed by atoms with Gasteiger partial charge < -0.3 is 9.80 Å². The Morgan fingerprint density at radius 2 is 1.65 bits per heavy atom. The van der Waals surface area contributed by atoms with Crippen molar-refractivity contribution in [1.82, 2.24) is 9.80 Å². The van der Waals surface area contributed by atoms with Gasteiger partial charge in [-0.05, 0) is 46.0 Å². The number of likely N-dealkylation sites (tertiary alicyclic amines) is 1. The van der Waals surface area contributed by atoms with Crippen molar-refractivity contribution in [3.05, 3.63) is 11.8 Å². The van der Waals surface area contributed by atoms with E-state index in [1.807, 2.05) is 39.1 Å². The Morgan fingerprint density at radius 1 is 1.06 bits per heavy atom. The molecule has 2 rings (SSSR count). The fourth-order valence-electron chi connectivity index (χ4n) is 1.62. The number of aliphatic imine (C=N–C) groups is 1. The molecule has 0 amide bonds. The van der Waals surface area contributed by atoms with E-state index in [1.165, 1.54) is 32.4 Å². The molecule has 100 valence electrons. The highest BCUT2D eigenvalue weighted by Gasteiger charge is 2.02. The van der Waals surface area contributed by atoms with Crippen LogP contribution in [0.1, 0.15) is 40.0 Å². The monoisotopic (exact) mass is 239 g/mol. The molecule has 3 heteroatoms. The van der Waals surface area contributed by atoms with Crippen LogP contribution in [0.4, 0.5) is 0 Å². The van der Waals surface area contributed by atoms with E-state index in [1.54, 1.807) is 0 Å². The summed E-state index contributed by atoms with van der Waals surface area (Å²) in [6.45, 7) is 9.64. The van der Waals surface area contributed by atoms with Gasteiger partial charge in [0.1, 0.15) is 0 Å². The molecule has 0 radical (unpaired) electrons. The molecule has 0 atom stereocenters. The van der Waals surface area contributed by atoms with Gasteiger partial charge in [0.15, 0.2) is 0 Å². The average molecular weight is 239 g/mol. The maximum atomic E-state index is 4.07. The number of piperidine rings is 1. The van der Waals surface area contributed by atoms with Crippen LogP contribution in [-0.4, -0.2) is 49.9 Å². The molecule has 0 spiro atoms. The Bertz CT molecular complexity index is 228. The van der Waals surface area contributed by atoms with Crippen molar-refractivity contribution in [3.63, 3.8) is 0 Å². The molecule has 1 saturated heterocycles. The van der Waals surface area contributed by atoms with Gasteiger partial charge in [0.2, 0.25) is 0 Å². The van der Waals surface area contributed by atoms with Gasteiger partial charge in [0.05, 0.1) is 6.34 Å². The Morgan fingerprint density at radius 3 is 1.94 bits per heavy atom. The van der Waals surface area contributed by atoms with Gasteiger partial charge in [0, 0.05) is 19.3 Å². The van der Waals surface area contributed by atoms with Gasteiger partial charge in [-0.3, -0.25) is 0 Å². The van der Waals surface area contributed by atoms with Crippen molar-refractivity contribution in [2.45, 2.75) is 40.0 Å². The fourth-order valence-corrected chi connectivity index (χ4v) is 1.62. The SMILES string of the molecule is CC.CC1=CCN(C)C=N1.CN1CCCCC1. The smallest absolute Gasteiger partial charge is 0.0908 e. The van der Waals surface area contributed by atoms with Crippen LogP contribution in [-0.2, 0) is 0 Å². The molecular weight excluding hydrogens is 210 g/mol. The molecule has 0 N–H and O–H groups in total. The summed E-state index contributed by atoms with van der Waals surface area (Å²) in [5.74, 6) is 0. The van der Waals surface area contributed by atoms with Crippen LogP contribution in [0, 0.1) is 0 Å². The van der Waals surface area contributed by atoms with E-state index in [0.717, 1.165) is 12.2 Å². The largest absolute Gasteiger partial charge is 0.362 e. The van der Waals surface area contributed by atoms with Gasteiger partial charge in [-0.2, -0.15) is 0 Å². The molecule has 0 aromatic rings. The predicted octanol–water partition coefficient (Wildman–Crippen LogP) is 2.99. The molecule has 0 saturated carbocycles. The highest BCUT2D eigenvalue weighted by Crippen LogP contribution is 2.04. The highest BCUT2D eigenvalue weighted by molar-refractivity contribution is 5.57. The first kappa shape index (κ1) is 16.2. The summed E-state index contributed by atoms with van der Waals surface area (Å²) in [5.41, 5.74) is 1.11. The van der Waals surface area contributed by atoms with Crippen LogP contribution in [0.3, 0.4) is 0 Å². The van der Waals surface area contributed by atoms with Crippen LogP contribution in [0.5, 0.6) is 0 Å². The number of nitrogens with zero attached hydrogens (tertiary/aromatic N) is 3. The Balaban J connectivity index is 0.000000265. The molecular formula is C14H29N3. The van der Waals surface area contributed by atoms with Crippen LogP contribution in [0.15, 0.2) is 16.8 Å². The zero-order valence-corrected chi connectivity index (χ0v) is 12.2. The Kier molecular flexibility index (Phi) is 9.83. The predicted molar refractivity (Wildman–Crippen MR) is 77.6 cm³/mol. The normalized spacial score (nSPS) is 19.6. The van der Waals surface area contributed by atoms with E-state index >= 15 is 0 Å². The summed E-state index contributed by atoms with van der Waals surface area (Å²) >= 11 is 0. The van der Waals surface area contributed by atoms with Gasteiger partial charge in [-0.15, -0.1) is 0 Å². The number of likely N-dealkylation sites (N-methyl/N-ethyl adjacent to an activating group) is 1. The van der Waals surface area contributed by atoms with Crippen LogP contribution >= 0.6 is 0 Å². The summed E-state index contributed by atoms with van der Waals surface area (Å²) in [6, 6.07) is 0. The first-order valence-electron chi connectivity index (χ1n) is 6.78. The van der Waals surface area contributed by atoms with Crippen LogP contribution < -0.4 is 0 Å². The third-order valence-corrected chi connectivity index (χ3v) is 2.71. The Hall–Kier alpha value is -0.830. The van der Waals surface area contributed by atoms with Crippen LogP contribution in [0.2, 0.25) is 0 Å². The molecule has 17 heavy (non-hydrogen) atoms. The second kappa shape index (κ2) is 10.3. The molecule has 0 aromatic heterocycles. The van der Waals surface area contributed by atoms with Crippen molar-refractivity contribution in [1.29, 1.82) is 0 Å². The van der Waals surface area contributed by atoms with E-state index in [4.69, 9.17) is 0 Å². The van der Waals surface area contributed by atoms with Crippen molar-refractivity contribution in [3.8, 4) is 0 Å². The van der Waals surface area contributed by atoms with Gasteiger partial charge in [-0.1, -0.05) is 20.3 Å². The molecule has 0 aliphatic carbocycles. The maximum Gasteiger partial charge on any atom is 0.0908 e. The third-order valence-electron chi connectivity index (χ3n) is 2.71. The average Bonchev–Trinajstić information content (AvgIpc) is 2.37. The highest BCUT2D eigenvalue weighted by atomic mass is 15.1.